The SMILES string of the molecule is C[C@H]1CCN(c2nc(C(=O)Nc3cc4cn(C)nc4cc3C3CC3)co2)C1. The molecule has 2 aromatic heterocycles. The Morgan fingerprint density at radius 1 is 1.30 bits per heavy atom. The number of oxazole rings is 1. The van der Waals surface area contributed by atoms with E-state index < -0.39 is 0 Å². The first kappa shape index (κ1) is 16.4. The maximum atomic E-state index is 12.8. The van der Waals surface area contributed by atoms with Gasteiger partial charge in [0.25, 0.3) is 11.9 Å². The van der Waals surface area contributed by atoms with Crippen molar-refractivity contribution in [2.75, 3.05) is 23.3 Å². The highest BCUT2D eigenvalue weighted by Crippen LogP contribution is 2.44. The lowest BCUT2D eigenvalue weighted by molar-refractivity contribution is 0.102. The van der Waals surface area contributed by atoms with Gasteiger partial charge in [-0.25, -0.2) is 0 Å². The zero-order chi connectivity index (χ0) is 18.5. The summed E-state index contributed by atoms with van der Waals surface area (Å²) in [6.07, 6.45) is 6.85. The number of anilines is 2. The summed E-state index contributed by atoms with van der Waals surface area (Å²) in [4.78, 5) is 19.3. The van der Waals surface area contributed by atoms with E-state index in [0.717, 1.165) is 54.5 Å². The molecule has 1 saturated heterocycles. The monoisotopic (exact) mass is 365 g/mol. The van der Waals surface area contributed by atoms with Crippen LogP contribution in [0.1, 0.15) is 48.2 Å². The van der Waals surface area contributed by atoms with Crippen molar-refractivity contribution in [3.63, 3.8) is 0 Å². The molecule has 0 bridgehead atoms. The molecule has 1 saturated carbocycles. The smallest absolute Gasteiger partial charge is 0.297 e. The molecule has 0 unspecified atom stereocenters. The summed E-state index contributed by atoms with van der Waals surface area (Å²) < 4.78 is 7.36. The molecule has 1 N–H and O–H groups in total. The third-order valence-electron chi connectivity index (χ3n) is 5.47. The van der Waals surface area contributed by atoms with E-state index in [4.69, 9.17) is 4.42 Å². The zero-order valence-electron chi connectivity index (χ0n) is 15.6. The predicted octanol–water partition coefficient (Wildman–Crippen LogP) is 3.54. The molecule has 2 aliphatic rings. The van der Waals surface area contributed by atoms with E-state index in [1.807, 2.05) is 19.3 Å². The Hall–Kier alpha value is -2.83. The third-order valence-corrected chi connectivity index (χ3v) is 5.47. The quantitative estimate of drug-likeness (QED) is 0.765. The standard InChI is InChI=1S/C20H23N5O2/c1-12-5-6-25(9-12)20-22-18(11-27-20)19(26)21-17-7-14-10-24(2)23-16(14)8-15(17)13-3-4-13/h7-8,10-13H,3-6,9H2,1-2H3,(H,21,26)/t12-/m0/s1. The Labute approximate surface area is 157 Å². The number of hydrogen-bond acceptors (Lipinski definition) is 5. The number of amides is 1. The van der Waals surface area contributed by atoms with Crippen molar-refractivity contribution in [2.24, 2.45) is 13.0 Å². The molecular weight excluding hydrogens is 342 g/mol. The molecule has 1 aromatic carbocycles. The number of carbonyl (C=O) groups is 1. The number of rotatable bonds is 4. The first-order chi connectivity index (χ1) is 13.1. The van der Waals surface area contributed by atoms with Crippen LogP contribution in [0.15, 0.2) is 29.0 Å². The van der Waals surface area contributed by atoms with E-state index >= 15 is 0 Å². The zero-order valence-corrected chi connectivity index (χ0v) is 15.6. The average Bonchev–Trinajstić information content (AvgIpc) is 3.03. The van der Waals surface area contributed by atoms with E-state index in [2.05, 4.69) is 33.3 Å². The first-order valence-electron chi connectivity index (χ1n) is 9.56. The average molecular weight is 365 g/mol. The van der Waals surface area contributed by atoms with E-state index in [0.29, 0.717) is 23.5 Å². The molecule has 1 amide bonds. The number of nitrogens with zero attached hydrogens (tertiary/aromatic N) is 4. The van der Waals surface area contributed by atoms with Gasteiger partial charge in [-0.05, 0) is 48.8 Å². The van der Waals surface area contributed by atoms with Crippen molar-refractivity contribution in [3.05, 3.63) is 35.9 Å². The predicted molar refractivity (Wildman–Crippen MR) is 103 cm³/mol. The van der Waals surface area contributed by atoms with Crippen LogP contribution in [0.2, 0.25) is 0 Å². The van der Waals surface area contributed by atoms with Crippen molar-refractivity contribution >= 4 is 28.5 Å². The molecular formula is C20H23N5O2. The maximum absolute atomic E-state index is 12.8. The molecule has 0 spiro atoms. The van der Waals surface area contributed by atoms with Gasteiger partial charge in [0.15, 0.2) is 5.69 Å². The molecule has 27 heavy (non-hydrogen) atoms. The van der Waals surface area contributed by atoms with Crippen LogP contribution in [0.3, 0.4) is 0 Å². The number of aromatic nitrogens is 3. The molecule has 5 rings (SSSR count). The summed E-state index contributed by atoms with van der Waals surface area (Å²) in [7, 11) is 1.91. The lowest BCUT2D eigenvalue weighted by Gasteiger charge is -2.11. The lowest BCUT2D eigenvalue weighted by atomic mass is 10.1. The molecule has 0 radical (unpaired) electrons. The van der Waals surface area contributed by atoms with Crippen molar-refractivity contribution in [1.29, 1.82) is 0 Å². The van der Waals surface area contributed by atoms with Gasteiger partial charge in [-0.3, -0.25) is 9.48 Å². The second-order valence-corrected chi connectivity index (χ2v) is 7.88. The molecule has 7 nitrogen and oxygen atoms in total. The van der Waals surface area contributed by atoms with Gasteiger partial charge in [0, 0.05) is 37.4 Å². The van der Waals surface area contributed by atoms with Crippen LogP contribution in [0.4, 0.5) is 11.7 Å². The van der Waals surface area contributed by atoms with Gasteiger partial charge >= 0.3 is 0 Å². The highest BCUT2D eigenvalue weighted by Gasteiger charge is 2.28. The summed E-state index contributed by atoms with van der Waals surface area (Å²) in [6, 6.07) is 4.65. The fourth-order valence-electron chi connectivity index (χ4n) is 3.86. The summed E-state index contributed by atoms with van der Waals surface area (Å²) in [5.74, 6) is 0.898. The fourth-order valence-corrected chi connectivity index (χ4v) is 3.86. The van der Waals surface area contributed by atoms with E-state index in [1.165, 1.54) is 6.26 Å². The van der Waals surface area contributed by atoms with Crippen molar-refractivity contribution < 1.29 is 9.21 Å². The van der Waals surface area contributed by atoms with Gasteiger partial charge in [0.2, 0.25) is 0 Å². The van der Waals surface area contributed by atoms with Gasteiger partial charge < -0.3 is 14.6 Å². The highest BCUT2D eigenvalue weighted by atomic mass is 16.4. The van der Waals surface area contributed by atoms with Gasteiger partial charge in [0.1, 0.15) is 6.26 Å². The summed E-state index contributed by atoms with van der Waals surface area (Å²) in [6.45, 7) is 4.06. The molecule has 7 heteroatoms. The number of aryl methyl sites for hydroxylation is 1. The number of hydrogen-bond donors (Lipinski definition) is 1. The fraction of sp³-hybridized carbons (Fsp3) is 0.450. The molecule has 1 atom stereocenters. The van der Waals surface area contributed by atoms with Crippen molar-refractivity contribution in [3.8, 4) is 0 Å². The Morgan fingerprint density at radius 2 is 2.15 bits per heavy atom. The van der Waals surface area contributed by atoms with Crippen molar-refractivity contribution in [1.82, 2.24) is 14.8 Å². The molecule has 3 heterocycles. The number of fused-ring (bicyclic) bond motifs is 1. The lowest BCUT2D eigenvalue weighted by Crippen LogP contribution is -2.20. The largest absolute Gasteiger partial charge is 0.431 e. The topological polar surface area (TPSA) is 76.2 Å². The number of nitrogens with one attached hydrogen (secondary N) is 1. The van der Waals surface area contributed by atoms with Crippen LogP contribution in [0.5, 0.6) is 0 Å². The number of benzene rings is 1. The molecule has 1 aliphatic carbocycles. The molecule has 1 aliphatic heterocycles. The Bertz CT molecular complexity index is 1020. The summed E-state index contributed by atoms with van der Waals surface area (Å²) in [5, 5.41) is 8.55. The second kappa shape index (κ2) is 6.11. The van der Waals surface area contributed by atoms with E-state index in [1.54, 1.807) is 4.68 Å². The minimum atomic E-state index is -0.234. The van der Waals surface area contributed by atoms with Crippen molar-refractivity contribution in [2.45, 2.75) is 32.1 Å². The summed E-state index contributed by atoms with van der Waals surface area (Å²) in [5.41, 5.74) is 3.29. The first-order valence-corrected chi connectivity index (χ1v) is 9.56. The minimum absolute atomic E-state index is 0.234. The molecule has 140 valence electrons. The third kappa shape index (κ3) is 3.07. The van der Waals surface area contributed by atoms with Gasteiger partial charge in [-0.1, -0.05) is 6.92 Å². The van der Waals surface area contributed by atoms with E-state index in [-0.39, 0.29) is 5.91 Å². The highest BCUT2D eigenvalue weighted by molar-refractivity contribution is 6.04. The normalized spacial score (nSPS) is 19.8. The Morgan fingerprint density at radius 3 is 2.89 bits per heavy atom. The van der Waals surface area contributed by atoms with E-state index in [9.17, 15) is 4.79 Å². The van der Waals surface area contributed by atoms with Crippen LogP contribution in [-0.4, -0.2) is 33.8 Å². The Kier molecular flexibility index (Phi) is 3.70. The summed E-state index contributed by atoms with van der Waals surface area (Å²) >= 11 is 0. The van der Waals surface area contributed by atoms with Crippen LogP contribution in [0, 0.1) is 5.92 Å². The van der Waals surface area contributed by atoms with Crippen LogP contribution in [-0.2, 0) is 7.05 Å². The number of carbonyl (C=O) groups excluding carboxylic acids is 1. The van der Waals surface area contributed by atoms with Crippen LogP contribution < -0.4 is 10.2 Å². The van der Waals surface area contributed by atoms with Gasteiger partial charge in [-0.15, -0.1) is 0 Å². The second-order valence-electron chi connectivity index (χ2n) is 7.88. The Balaban J connectivity index is 1.40. The van der Waals surface area contributed by atoms with Gasteiger partial charge in [0.05, 0.1) is 5.52 Å². The molecule has 3 aromatic rings. The van der Waals surface area contributed by atoms with Crippen LogP contribution >= 0.6 is 0 Å². The molecule has 2 fully saturated rings. The van der Waals surface area contributed by atoms with Crippen LogP contribution in [0.25, 0.3) is 10.9 Å². The maximum Gasteiger partial charge on any atom is 0.297 e. The van der Waals surface area contributed by atoms with Gasteiger partial charge in [-0.2, -0.15) is 10.1 Å². The minimum Gasteiger partial charge on any atom is -0.431 e.